The fraction of sp³-hybridized carbons (Fsp3) is 0.444. The zero-order valence-electron chi connectivity index (χ0n) is 7.84. The van der Waals surface area contributed by atoms with Crippen LogP contribution in [0.3, 0.4) is 0 Å². The molecule has 1 aromatic heterocycles. The first-order valence-corrected chi connectivity index (χ1v) is 5.01. The second-order valence-corrected chi connectivity index (χ2v) is 3.69. The van der Waals surface area contributed by atoms with E-state index in [0.29, 0.717) is 0 Å². The molecule has 0 fully saturated rings. The minimum Gasteiger partial charge on any atom is -0.315 e. The number of hydrogen-bond acceptors (Lipinski definition) is 2. The molecule has 0 aromatic carbocycles. The van der Waals surface area contributed by atoms with Crippen molar-refractivity contribution in [2.45, 2.75) is 18.7 Å². The van der Waals surface area contributed by atoms with Gasteiger partial charge in [-0.1, -0.05) is 0 Å². The predicted octanol–water partition coefficient (Wildman–Crippen LogP) is 1.72. The van der Waals surface area contributed by atoms with Gasteiger partial charge in [0.1, 0.15) is 0 Å². The molecule has 0 aliphatic heterocycles. The zero-order chi connectivity index (χ0) is 9.30. The second kappa shape index (κ2) is 3.35. The van der Waals surface area contributed by atoms with E-state index in [1.807, 2.05) is 33.2 Å². The molecule has 66 valence electrons. The van der Waals surface area contributed by atoms with E-state index in [-0.39, 0.29) is 5.56 Å². The standard InChI is InChI=1S/C9H13NOS/c1-6-5-8(12-4)9(11)10(3)7(6)2/h5H,1-4H3. The van der Waals surface area contributed by atoms with Crippen LogP contribution in [0.25, 0.3) is 0 Å². The third-order valence-corrected chi connectivity index (χ3v) is 2.89. The number of pyridine rings is 1. The van der Waals surface area contributed by atoms with Crippen molar-refractivity contribution in [3.63, 3.8) is 0 Å². The Morgan fingerprint density at radius 3 is 2.50 bits per heavy atom. The number of rotatable bonds is 1. The molecular weight excluding hydrogens is 170 g/mol. The summed E-state index contributed by atoms with van der Waals surface area (Å²) >= 11 is 1.50. The van der Waals surface area contributed by atoms with Crippen molar-refractivity contribution in [1.82, 2.24) is 4.57 Å². The summed E-state index contributed by atoms with van der Waals surface area (Å²) in [5.41, 5.74) is 2.31. The maximum atomic E-state index is 11.5. The van der Waals surface area contributed by atoms with Crippen molar-refractivity contribution in [1.29, 1.82) is 0 Å². The molecule has 0 saturated carbocycles. The van der Waals surface area contributed by atoms with E-state index < -0.39 is 0 Å². The summed E-state index contributed by atoms with van der Waals surface area (Å²) in [4.78, 5) is 12.3. The Kier molecular flexibility index (Phi) is 2.62. The fourth-order valence-corrected chi connectivity index (χ4v) is 1.70. The van der Waals surface area contributed by atoms with Gasteiger partial charge in [-0.2, -0.15) is 0 Å². The van der Waals surface area contributed by atoms with E-state index in [9.17, 15) is 4.79 Å². The van der Waals surface area contributed by atoms with Crippen LogP contribution in [0, 0.1) is 13.8 Å². The van der Waals surface area contributed by atoms with Crippen LogP contribution < -0.4 is 5.56 Å². The van der Waals surface area contributed by atoms with Crippen molar-refractivity contribution >= 4 is 11.8 Å². The molecular formula is C9H13NOS. The normalized spacial score (nSPS) is 10.3. The van der Waals surface area contributed by atoms with Gasteiger partial charge < -0.3 is 4.57 Å². The predicted molar refractivity (Wildman–Crippen MR) is 52.9 cm³/mol. The maximum Gasteiger partial charge on any atom is 0.264 e. The van der Waals surface area contributed by atoms with Gasteiger partial charge in [0, 0.05) is 12.7 Å². The van der Waals surface area contributed by atoms with Crippen molar-refractivity contribution in [2.75, 3.05) is 6.26 Å². The van der Waals surface area contributed by atoms with E-state index >= 15 is 0 Å². The Morgan fingerprint density at radius 1 is 1.42 bits per heavy atom. The molecule has 0 radical (unpaired) electrons. The average Bonchev–Trinajstić information content (AvgIpc) is 2.08. The highest BCUT2D eigenvalue weighted by Gasteiger charge is 2.04. The quantitative estimate of drug-likeness (QED) is 0.618. The van der Waals surface area contributed by atoms with Crippen molar-refractivity contribution in [3.8, 4) is 0 Å². The van der Waals surface area contributed by atoms with Crippen LogP contribution in [0.5, 0.6) is 0 Å². The Hall–Kier alpha value is -0.700. The van der Waals surface area contributed by atoms with Gasteiger partial charge in [0.15, 0.2) is 0 Å². The number of hydrogen-bond donors (Lipinski definition) is 0. The van der Waals surface area contributed by atoms with Crippen LogP contribution in [0.2, 0.25) is 0 Å². The lowest BCUT2D eigenvalue weighted by Gasteiger charge is -2.08. The fourth-order valence-electron chi connectivity index (χ4n) is 1.09. The highest BCUT2D eigenvalue weighted by molar-refractivity contribution is 7.98. The monoisotopic (exact) mass is 183 g/mol. The highest BCUT2D eigenvalue weighted by Crippen LogP contribution is 2.12. The van der Waals surface area contributed by atoms with E-state index in [1.54, 1.807) is 4.57 Å². The summed E-state index contributed by atoms with van der Waals surface area (Å²) < 4.78 is 1.70. The van der Waals surface area contributed by atoms with Gasteiger partial charge in [-0.3, -0.25) is 4.79 Å². The maximum absolute atomic E-state index is 11.5. The summed E-state index contributed by atoms with van der Waals surface area (Å²) in [5.74, 6) is 0. The third-order valence-electron chi connectivity index (χ3n) is 2.16. The molecule has 2 nitrogen and oxygen atoms in total. The van der Waals surface area contributed by atoms with Crippen LogP contribution in [-0.2, 0) is 7.05 Å². The van der Waals surface area contributed by atoms with E-state index in [2.05, 4.69) is 0 Å². The van der Waals surface area contributed by atoms with Crippen LogP contribution in [0.4, 0.5) is 0 Å². The molecule has 0 bridgehead atoms. The summed E-state index contributed by atoms with van der Waals surface area (Å²) in [7, 11) is 1.81. The third kappa shape index (κ3) is 1.41. The Morgan fingerprint density at radius 2 is 2.00 bits per heavy atom. The van der Waals surface area contributed by atoms with E-state index in [1.165, 1.54) is 17.3 Å². The Labute approximate surface area is 76.6 Å². The molecule has 0 saturated heterocycles. The van der Waals surface area contributed by atoms with Crippen molar-refractivity contribution in [2.24, 2.45) is 7.05 Å². The molecule has 0 amide bonds. The lowest BCUT2D eigenvalue weighted by atomic mass is 10.2. The highest BCUT2D eigenvalue weighted by atomic mass is 32.2. The molecule has 0 N–H and O–H groups in total. The summed E-state index contributed by atoms with van der Waals surface area (Å²) in [6.45, 7) is 3.98. The van der Waals surface area contributed by atoms with Crippen LogP contribution in [0.1, 0.15) is 11.3 Å². The minimum absolute atomic E-state index is 0.102. The molecule has 0 aliphatic carbocycles. The van der Waals surface area contributed by atoms with Crippen molar-refractivity contribution in [3.05, 3.63) is 27.7 Å². The molecule has 0 atom stereocenters. The van der Waals surface area contributed by atoms with Crippen molar-refractivity contribution < 1.29 is 0 Å². The van der Waals surface area contributed by atoms with Gasteiger partial charge in [-0.15, -0.1) is 11.8 Å². The first kappa shape index (κ1) is 9.39. The van der Waals surface area contributed by atoms with Gasteiger partial charge >= 0.3 is 0 Å². The molecule has 1 rings (SSSR count). The number of aryl methyl sites for hydroxylation is 1. The summed E-state index contributed by atoms with van der Waals surface area (Å²) in [5, 5.41) is 0. The molecule has 0 spiro atoms. The first-order chi connectivity index (χ1) is 5.57. The van der Waals surface area contributed by atoms with Crippen LogP contribution in [-0.4, -0.2) is 10.8 Å². The van der Waals surface area contributed by atoms with Crippen LogP contribution >= 0.6 is 11.8 Å². The molecule has 1 aromatic rings. The largest absolute Gasteiger partial charge is 0.315 e. The van der Waals surface area contributed by atoms with Gasteiger partial charge in [-0.25, -0.2) is 0 Å². The van der Waals surface area contributed by atoms with Gasteiger partial charge in [0.05, 0.1) is 4.90 Å². The lowest BCUT2D eigenvalue weighted by Crippen LogP contribution is -2.21. The number of thioether (sulfide) groups is 1. The summed E-state index contributed by atoms with van der Waals surface area (Å²) in [6.07, 6.45) is 1.92. The SMILES string of the molecule is CSc1cc(C)c(C)n(C)c1=O. The molecule has 1 heterocycles. The van der Waals surface area contributed by atoms with E-state index in [0.717, 1.165) is 10.6 Å². The first-order valence-electron chi connectivity index (χ1n) is 3.79. The Bertz CT molecular complexity index is 354. The number of aromatic nitrogens is 1. The molecule has 3 heteroatoms. The van der Waals surface area contributed by atoms with Gasteiger partial charge in [0.25, 0.3) is 5.56 Å². The van der Waals surface area contributed by atoms with E-state index in [4.69, 9.17) is 0 Å². The smallest absolute Gasteiger partial charge is 0.264 e. The molecule has 12 heavy (non-hydrogen) atoms. The second-order valence-electron chi connectivity index (χ2n) is 2.85. The van der Waals surface area contributed by atoms with Gasteiger partial charge in [0.2, 0.25) is 0 Å². The lowest BCUT2D eigenvalue weighted by molar-refractivity contribution is 0.784. The average molecular weight is 183 g/mol. The van der Waals surface area contributed by atoms with Gasteiger partial charge in [-0.05, 0) is 31.7 Å². The Balaban J connectivity index is 3.50. The number of nitrogens with zero attached hydrogens (tertiary/aromatic N) is 1. The minimum atomic E-state index is 0.102. The van der Waals surface area contributed by atoms with Crippen LogP contribution in [0.15, 0.2) is 15.8 Å². The molecule has 0 aliphatic rings. The zero-order valence-corrected chi connectivity index (χ0v) is 8.66. The summed E-state index contributed by atoms with van der Waals surface area (Å²) in [6, 6.07) is 1.95. The topological polar surface area (TPSA) is 22.0 Å². The molecule has 0 unspecified atom stereocenters.